The fraction of sp³-hybridized carbons (Fsp3) is 0.464. The van der Waals surface area contributed by atoms with Gasteiger partial charge in [0.25, 0.3) is 5.91 Å². The van der Waals surface area contributed by atoms with Gasteiger partial charge in [-0.3, -0.25) is 14.7 Å². The molecular weight excluding hydrogens is 473 g/mol. The van der Waals surface area contributed by atoms with Gasteiger partial charge < -0.3 is 19.7 Å². The fourth-order valence-corrected chi connectivity index (χ4v) is 5.62. The number of hydrogen-bond acceptors (Lipinski definition) is 7. The minimum atomic E-state index is -0.556. The fourth-order valence-electron chi connectivity index (χ4n) is 5.62. The third-order valence-corrected chi connectivity index (χ3v) is 7.59. The Hall–Kier alpha value is -3.48. The maximum Gasteiger partial charge on any atom is 0.256 e. The lowest BCUT2D eigenvalue weighted by Gasteiger charge is -2.40. The first-order chi connectivity index (χ1) is 18.0. The first-order valence-electron chi connectivity index (χ1n) is 12.8. The average Bonchev–Trinajstić information content (AvgIpc) is 3.36. The molecule has 0 unspecified atom stereocenters. The molecule has 8 nitrogen and oxygen atoms in total. The predicted octanol–water partition coefficient (Wildman–Crippen LogP) is 3.26. The molecule has 3 heterocycles. The SMILES string of the molecule is CNc1cc(Cc2cc(F)c(C(=O)N3CCC(N4CCOCC4)CC3)cc2OC)nc2c1C(C#N)=CC2. The molecule has 0 atom stereocenters. The Bertz CT molecular complexity index is 1260. The van der Waals surface area contributed by atoms with Crippen LogP contribution in [0.5, 0.6) is 5.75 Å². The van der Waals surface area contributed by atoms with E-state index in [1.165, 1.54) is 19.2 Å². The van der Waals surface area contributed by atoms with Crippen molar-refractivity contribution in [3.05, 3.63) is 58.2 Å². The molecular formula is C28H32FN5O3. The lowest BCUT2D eigenvalue weighted by atomic mass is 9.99. The van der Waals surface area contributed by atoms with E-state index in [1.54, 1.807) is 11.9 Å². The van der Waals surface area contributed by atoms with Crippen LogP contribution >= 0.6 is 0 Å². The van der Waals surface area contributed by atoms with Crippen LogP contribution in [-0.2, 0) is 17.6 Å². The van der Waals surface area contributed by atoms with E-state index in [-0.39, 0.29) is 11.5 Å². The quantitative estimate of drug-likeness (QED) is 0.645. The summed E-state index contributed by atoms with van der Waals surface area (Å²) in [5, 5.41) is 12.5. The number of nitrogens with zero attached hydrogens (tertiary/aromatic N) is 4. The molecule has 0 saturated carbocycles. The summed E-state index contributed by atoms with van der Waals surface area (Å²) in [5.41, 5.74) is 4.46. The molecule has 1 N–H and O–H groups in total. The number of morpholine rings is 1. The molecule has 37 heavy (non-hydrogen) atoms. The number of amides is 1. The van der Waals surface area contributed by atoms with Crippen LogP contribution in [0.25, 0.3) is 5.57 Å². The van der Waals surface area contributed by atoms with E-state index >= 15 is 4.39 Å². The second-order valence-electron chi connectivity index (χ2n) is 9.66. The zero-order valence-corrected chi connectivity index (χ0v) is 21.3. The number of nitriles is 1. The van der Waals surface area contributed by atoms with Gasteiger partial charge in [0, 0.05) is 74.6 Å². The minimum absolute atomic E-state index is 0.0334. The third kappa shape index (κ3) is 5.04. The number of benzene rings is 1. The number of halogens is 1. The van der Waals surface area contributed by atoms with Crippen molar-refractivity contribution in [2.75, 3.05) is 58.9 Å². The Balaban J connectivity index is 1.32. The number of hydrogen-bond donors (Lipinski definition) is 1. The highest BCUT2D eigenvalue weighted by atomic mass is 19.1. The Kier molecular flexibility index (Phi) is 7.40. The number of ether oxygens (including phenoxy) is 2. The Morgan fingerprint density at radius 1 is 1.24 bits per heavy atom. The highest BCUT2D eigenvalue weighted by Gasteiger charge is 2.30. The summed E-state index contributed by atoms with van der Waals surface area (Å²) in [6.45, 7) is 4.58. The van der Waals surface area contributed by atoms with E-state index in [2.05, 4.69) is 16.3 Å². The Morgan fingerprint density at radius 3 is 2.68 bits per heavy atom. The summed E-state index contributed by atoms with van der Waals surface area (Å²) in [5.74, 6) is -0.400. The van der Waals surface area contributed by atoms with Crippen molar-refractivity contribution < 1.29 is 18.7 Å². The van der Waals surface area contributed by atoms with E-state index in [1.807, 2.05) is 12.1 Å². The standard InChI is InChI=1S/C28H32FN5O3/c1-31-25-15-20(32-24-4-3-18(17-30)27(24)25)13-19-14-23(29)22(16-26(19)36-2)28(35)34-7-5-21(6-8-34)33-9-11-37-12-10-33/h3,14-16,21H,4-13H2,1-2H3,(H,31,32). The largest absolute Gasteiger partial charge is 0.496 e. The van der Waals surface area contributed by atoms with Crippen LogP contribution in [0, 0.1) is 17.1 Å². The number of methoxy groups -OCH3 is 1. The number of piperidine rings is 1. The summed E-state index contributed by atoms with van der Waals surface area (Å²) < 4.78 is 26.3. The van der Waals surface area contributed by atoms with Crippen molar-refractivity contribution in [3.8, 4) is 11.8 Å². The van der Waals surface area contributed by atoms with Crippen LogP contribution in [-0.4, -0.2) is 80.3 Å². The molecule has 1 aromatic heterocycles. The van der Waals surface area contributed by atoms with Crippen LogP contribution in [0.3, 0.4) is 0 Å². The van der Waals surface area contributed by atoms with Crippen molar-refractivity contribution in [1.29, 1.82) is 5.26 Å². The van der Waals surface area contributed by atoms with Crippen molar-refractivity contribution in [2.24, 2.45) is 0 Å². The second-order valence-corrected chi connectivity index (χ2v) is 9.66. The Labute approximate surface area is 216 Å². The van der Waals surface area contributed by atoms with E-state index in [4.69, 9.17) is 14.5 Å². The minimum Gasteiger partial charge on any atom is -0.496 e. The lowest BCUT2D eigenvalue weighted by Crippen LogP contribution is -2.50. The van der Waals surface area contributed by atoms with Gasteiger partial charge in [-0.2, -0.15) is 5.26 Å². The van der Waals surface area contributed by atoms with Gasteiger partial charge >= 0.3 is 0 Å². The normalized spacial score (nSPS) is 18.2. The second kappa shape index (κ2) is 10.9. The highest BCUT2D eigenvalue weighted by molar-refractivity contribution is 5.95. The number of rotatable bonds is 6. The van der Waals surface area contributed by atoms with Gasteiger partial charge in [0.05, 0.1) is 43.2 Å². The number of pyridine rings is 1. The zero-order valence-electron chi connectivity index (χ0n) is 21.3. The number of carbonyl (C=O) groups excluding carboxylic acids is 1. The van der Waals surface area contributed by atoms with E-state index in [9.17, 15) is 10.1 Å². The number of fused-ring (bicyclic) bond motifs is 1. The molecule has 2 aromatic rings. The van der Waals surface area contributed by atoms with E-state index in [0.29, 0.717) is 48.9 Å². The van der Waals surface area contributed by atoms with Crippen molar-refractivity contribution in [2.45, 2.75) is 31.7 Å². The van der Waals surface area contributed by atoms with Gasteiger partial charge in [-0.15, -0.1) is 0 Å². The molecule has 194 valence electrons. The molecule has 3 aliphatic rings. The summed E-state index contributed by atoms with van der Waals surface area (Å²) in [6.07, 6.45) is 4.55. The average molecular weight is 506 g/mol. The summed E-state index contributed by atoms with van der Waals surface area (Å²) in [6, 6.07) is 7.45. The molecule has 1 aromatic carbocycles. The van der Waals surface area contributed by atoms with Crippen molar-refractivity contribution >= 4 is 17.2 Å². The molecule has 2 aliphatic heterocycles. The monoisotopic (exact) mass is 505 g/mol. The van der Waals surface area contributed by atoms with Crippen LogP contribution in [0.1, 0.15) is 45.7 Å². The van der Waals surface area contributed by atoms with Crippen LogP contribution in [0.4, 0.5) is 10.1 Å². The molecule has 0 bridgehead atoms. The molecule has 1 amide bonds. The van der Waals surface area contributed by atoms with Crippen LogP contribution < -0.4 is 10.1 Å². The maximum atomic E-state index is 15.3. The number of allylic oxidation sites excluding steroid dienone is 2. The maximum absolute atomic E-state index is 15.3. The topological polar surface area (TPSA) is 90.7 Å². The molecule has 5 rings (SSSR count). The van der Waals surface area contributed by atoms with Gasteiger partial charge in [0.15, 0.2) is 0 Å². The molecule has 0 spiro atoms. The smallest absolute Gasteiger partial charge is 0.256 e. The first-order valence-corrected chi connectivity index (χ1v) is 12.8. The molecule has 2 saturated heterocycles. The summed E-state index contributed by atoms with van der Waals surface area (Å²) in [4.78, 5) is 22.2. The first kappa shape index (κ1) is 25.2. The van der Waals surface area contributed by atoms with Crippen molar-refractivity contribution in [1.82, 2.24) is 14.8 Å². The van der Waals surface area contributed by atoms with Crippen LogP contribution in [0.15, 0.2) is 24.3 Å². The van der Waals surface area contributed by atoms with Gasteiger partial charge in [-0.05, 0) is 31.0 Å². The van der Waals surface area contributed by atoms with Gasteiger partial charge in [-0.25, -0.2) is 4.39 Å². The number of anilines is 1. The third-order valence-electron chi connectivity index (χ3n) is 7.59. The van der Waals surface area contributed by atoms with Gasteiger partial charge in [0.1, 0.15) is 11.6 Å². The molecule has 2 fully saturated rings. The van der Waals surface area contributed by atoms with Crippen molar-refractivity contribution in [3.63, 3.8) is 0 Å². The highest BCUT2D eigenvalue weighted by Crippen LogP contribution is 2.34. The van der Waals surface area contributed by atoms with E-state index in [0.717, 1.165) is 61.8 Å². The lowest BCUT2D eigenvalue weighted by molar-refractivity contribution is 0.00154. The van der Waals surface area contributed by atoms with Gasteiger partial charge in [0.2, 0.25) is 0 Å². The van der Waals surface area contributed by atoms with Crippen LogP contribution in [0.2, 0.25) is 0 Å². The molecule has 9 heteroatoms. The predicted molar refractivity (Wildman–Crippen MR) is 138 cm³/mol. The Morgan fingerprint density at radius 2 is 2.00 bits per heavy atom. The number of carbonyl (C=O) groups is 1. The molecule has 0 radical (unpaired) electrons. The zero-order chi connectivity index (χ0) is 25.9. The summed E-state index contributed by atoms with van der Waals surface area (Å²) >= 11 is 0. The number of aromatic nitrogens is 1. The van der Waals surface area contributed by atoms with Gasteiger partial charge in [-0.1, -0.05) is 6.08 Å². The number of nitrogens with one attached hydrogen (secondary N) is 1. The summed E-state index contributed by atoms with van der Waals surface area (Å²) in [7, 11) is 3.33. The molecule has 1 aliphatic carbocycles. The van der Waals surface area contributed by atoms with E-state index < -0.39 is 5.82 Å². The number of likely N-dealkylation sites (tertiary alicyclic amines) is 1.